The molecule has 0 saturated carbocycles. The van der Waals surface area contributed by atoms with Crippen LogP contribution in [0.25, 0.3) is 0 Å². The first-order chi connectivity index (χ1) is 7.71. The van der Waals surface area contributed by atoms with Gasteiger partial charge in [0.05, 0.1) is 10.0 Å². The minimum atomic E-state index is -4.51. The second kappa shape index (κ2) is 4.91. The summed E-state index contributed by atoms with van der Waals surface area (Å²) in [4.78, 5) is 13.9. The van der Waals surface area contributed by atoms with E-state index in [1.54, 1.807) is 0 Å². The van der Waals surface area contributed by atoms with Gasteiger partial charge in [0.2, 0.25) is 5.88 Å². The number of halogens is 4. The third kappa shape index (κ3) is 3.58. The monoisotopic (exact) mass is 313 g/mol. The topological polar surface area (TPSA) is 59.4 Å². The molecule has 0 bridgehead atoms. The summed E-state index contributed by atoms with van der Waals surface area (Å²) in [6.07, 6.45) is -5.13. The molecule has 1 aromatic heterocycles. The van der Waals surface area contributed by atoms with Crippen molar-refractivity contribution >= 4 is 21.9 Å². The number of hydrogen-bond donors (Lipinski definition) is 1. The second-order valence-electron chi connectivity index (χ2n) is 3.11. The van der Waals surface area contributed by atoms with E-state index < -0.39 is 23.8 Å². The van der Waals surface area contributed by atoms with E-state index in [1.807, 2.05) is 0 Å². The lowest BCUT2D eigenvalue weighted by Gasteiger charge is -2.12. The zero-order valence-electron chi connectivity index (χ0n) is 8.45. The number of nitrogens with zero attached hydrogens (tertiary/aromatic N) is 1. The summed E-state index contributed by atoms with van der Waals surface area (Å²) >= 11 is 2.84. The Morgan fingerprint density at radius 1 is 1.59 bits per heavy atom. The molecular formula is C9H7BrF3NO3. The number of ether oxygens (including phenoxy) is 1. The van der Waals surface area contributed by atoms with E-state index in [9.17, 15) is 18.0 Å². The molecule has 94 valence electrons. The van der Waals surface area contributed by atoms with E-state index in [4.69, 9.17) is 9.84 Å². The molecular weight excluding hydrogens is 307 g/mol. The highest BCUT2D eigenvalue weighted by molar-refractivity contribution is 9.10. The van der Waals surface area contributed by atoms with Crippen LogP contribution < -0.4 is 4.74 Å². The van der Waals surface area contributed by atoms with Crippen LogP contribution in [0, 0.1) is 0 Å². The fraction of sp³-hybridized carbons (Fsp3) is 0.333. The third-order valence-electron chi connectivity index (χ3n) is 1.77. The van der Waals surface area contributed by atoms with Gasteiger partial charge in [0.25, 0.3) is 0 Å². The zero-order chi connectivity index (χ0) is 13.2. The molecule has 0 saturated heterocycles. The Kier molecular flexibility index (Phi) is 3.97. The van der Waals surface area contributed by atoms with Crippen LogP contribution in [0.3, 0.4) is 0 Å². The smallest absolute Gasteiger partial charge is 0.417 e. The maximum atomic E-state index is 12.3. The summed E-state index contributed by atoms with van der Waals surface area (Å²) in [5, 5.41) is 8.57. The van der Waals surface area contributed by atoms with Crippen LogP contribution in [0.4, 0.5) is 13.2 Å². The first-order valence-electron chi connectivity index (χ1n) is 4.34. The molecule has 1 aromatic rings. The average molecular weight is 314 g/mol. The van der Waals surface area contributed by atoms with Crippen LogP contribution in [0.15, 0.2) is 16.7 Å². The lowest BCUT2D eigenvalue weighted by Crippen LogP contribution is -2.23. The molecule has 1 N–H and O–H groups in total. The van der Waals surface area contributed by atoms with Crippen molar-refractivity contribution in [3.05, 3.63) is 22.3 Å². The predicted molar refractivity (Wildman–Crippen MR) is 54.7 cm³/mol. The highest BCUT2D eigenvalue weighted by Gasteiger charge is 2.32. The summed E-state index contributed by atoms with van der Waals surface area (Å²) in [5.74, 6) is -1.44. The van der Waals surface area contributed by atoms with E-state index in [1.165, 1.54) is 6.92 Å². The van der Waals surface area contributed by atoms with Crippen molar-refractivity contribution in [3.8, 4) is 5.88 Å². The van der Waals surface area contributed by atoms with Crippen LogP contribution in [0.1, 0.15) is 12.5 Å². The largest absolute Gasteiger partial charge is 0.479 e. The first kappa shape index (κ1) is 13.8. The van der Waals surface area contributed by atoms with Gasteiger partial charge >= 0.3 is 12.1 Å². The van der Waals surface area contributed by atoms with E-state index in [2.05, 4.69) is 20.9 Å². The van der Waals surface area contributed by atoms with E-state index in [0.29, 0.717) is 6.20 Å². The van der Waals surface area contributed by atoms with Gasteiger partial charge < -0.3 is 9.84 Å². The maximum absolute atomic E-state index is 12.3. The van der Waals surface area contributed by atoms with E-state index >= 15 is 0 Å². The average Bonchev–Trinajstić information content (AvgIpc) is 2.19. The molecule has 0 aliphatic heterocycles. The van der Waals surface area contributed by atoms with Crippen molar-refractivity contribution in [3.63, 3.8) is 0 Å². The first-order valence-corrected chi connectivity index (χ1v) is 5.13. The maximum Gasteiger partial charge on any atom is 0.417 e. The van der Waals surface area contributed by atoms with Crippen LogP contribution in [0.5, 0.6) is 5.88 Å². The normalized spacial score (nSPS) is 13.2. The summed E-state index contributed by atoms with van der Waals surface area (Å²) in [5.41, 5.74) is -0.945. The molecule has 4 nitrogen and oxygen atoms in total. The van der Waals surface area contributed by atoms with Gasteiger partial charge in [0.15, 0.2) is 6.10 Å². The molecule has 0 aromatic carbocycles. The van der Waals surface area contributed by atoms with Gasteiger partial charge in [-0.15, -0.1) is 0 Å². The number of carbonyl (C=O) groups is 1. The van der Waals surface area contributed by atoms with Crippen LogP contribution >= 0.6 is 15.9 Å². The number of rotatable bonds is 3. The van der Waals surface area contributed by atoms with Crippen LogP contribution in [0.2, 0.25) is 0 Å². The minimum Gasteiger partial charge on any atom is -0.479 e. The van der Waals surface area contributed by atoms with Crippen molar-refractivity contribution in [2.75, 3.05) is 0 Å². The van der Waals surface area contributed by atoms with E-state index in [0.717, 1.165) is 6.07 Å². The van der Waals surface area contributed by atoms with Crippen LogP contribution in [-0.2, 0) is 11.0 Å². The quantitative estimate of drug-likeness (QED) is 0.932. The van der Waals surface area contributed by atoms with Gasteiger partial charge in [-0.05, 0) is 28.9 Å². The highest BCUT2D eigenvalue weighted by atomic mass is 79.9. The minimum absolute atomic E-state index is 0.0552. The lowest BCUT2D eigenvalue weighted by molar-refractivity contribution is -0.144. The van der Waals surface area contributed by atoms with Gasteiger partial charge in [-0.1, -0.05) is 0 Å². The number of carboxylic acid groups (broad SMARTS) is 1. The summed E-state index contributed by atoms with van der Waals surface area (Å²) < 4.78 is 41.7. The molecule has 0 fully saturated rings. The highest BCUT2D eigenvalue weighted by Crippen LogP contribution is 2.33. The van der Waals surface area contributed by atoms with Gasteiger partial charge in [-0.2, -0.15) is 13.2 Å². The molecule has 17 heavy (non-hydrogen) atoms. The molecule has 0 amide bonds. The molecule has 1 rings (SSSR count). The van der Waals surface area contributed by atoms with Crippen molar-refractivity contribution < 1.29 is 27.8 Å². The van der Waals surface area contributed by atoms with Crippen molar-refractivity contribution in [2.45, 2.75) is 19.2 Å². The number of aliphatic carboxylic acids is 1. The summed E-state index contributed by atoms with van der Waals surface area (Å²) in [6.45, 7) is 1.24. The Labute approximate surface area is 103 Å². The number of alkyl halides is 3. The van der Waals surface area contributed by atoms with Crippen LogP contribution in [-0.4, -0.2) is 22.2 Å². The number of aromatic nitrogens is 1. The Balaban J connectivity index is 2.95. The fourth-order valence-corrected chi connectivity index (χ4v) is 1.33. The van der Waals surface area contributed by atoms with Gasteiger partial charge in [0.1, 0.15) is 0 Å². The van der Waals surface area contributed by atoms with E-state index in [-0.39, 0.29) is 10.4 Å². The van der Waals surface area contributed by atoms with Crippen molar-refractivity contribution in [1.82, 2.24) is 4.98 Å². The molecule has 0 aliphatic rings. The third-order valence-corrected chi connectivity index (χ3v) is 2.34. The molecule has 1 atom stereocenters. The summed E-state index contributed by atoms with van der Waals surface area (Å²) in [6, 6.07) is 0.775. The van der Waals surface area contributed by atoms with Gasteiger partial charge in [0, 0.05) is 6.20 Å². The Morgan fingerprint density at radius 2 is 2.18 bits per heavy atom. The predicted octanol–water partition coefficient (Wildman–Crippen LogP) is 2.71. The SMILES string of the molecule is CC(Oc1ncc(C(F)(F)F)cc1Br)C(=O)O. The Bertz CT molecular complexity index is 436. The molecule has 0 radical (unpaired) electrons. The van der Waals surface area contributed by atoms with Crippen molar-refractivity contribution in [2.24, 2.45) is 0 Å². The number of carboxylic acids is 1. The molecule has 8 heteroatoms. The number of hydrogen-bond acceptors (Lipinski definition) is 3. The molecule has 1 heterocycles. The lowest BCUT2D eigenvalue weighted by atomic mass is 10.3. The second-order valence-corrected chi connectivity index (χ2v) is 3.96. The van der Waals surface area contributed by atoms with Gasteiger partial charge in [-0.25, -0.2) is 9.78 Å². The number of pyridine rings is 1. The summed E-state index contributed by atoms with van der Waals surface area (Å²) in [7, 11) is 0. The standard InChI is InChI=1S/C9H7BrF3NO3/c1-4(8(15)16)17-7-6(10)2-5(3-14-7)9(11,12)13/h2-4H,1H3,(H,15,16). The fourth-order valence-electron chi connectivity index (χ4n) is 0.885. The van der Waals surface area contributed by atoms with Gasteiger partial charge in [-0.3, -0.25) is 0 Å². The molecule has 0 aliphatic carbocycles. The Hall–Kier alpha value is -1.31. The van der Waals surface area contributed by atoms with Crippen molar-refractivity contribution in [1.29, 1.82) is 0 Å². The zero-order valence-corrected chi connectivity index (χ0v) is 10.0. The molecule has 1 unspecified atom stereocenters. The Morgan fingerprint density at radius 3 is 2.59 bits per heavy atom. The molecule has 0 spiro atoms.